The Balaban J connectivity index is 2.19. The van der Waals surface area contributed by atoms with Gasteiger partial charge in [-0.3, -0.25) is 4.79 Å². The van der Waals surface area contributed by atoms with Crippen molar-refractivity contribution in [1.29, 1.82) is 0 Å². The van der Waals surface area contributed by atoms with Crippen LogP contribution in [-0.4, -0.2) is 19.1 Å². The van der Waals surface area contributed by atoms with Crippen molar-refractivity contribution in [3.8, 4) is 11.5 Å². The maximum absolute atomic E-state index is 13.4. The van der Waals surface area contributed by atoms with Gasteiger partial charge >= 0.3 is 0 Å². The zero-order chi connectivity index (χ0) is 18.4. The van der Waals surface area contributed by atoms with Crippen LogP contribution in [0.25, 0.3) is 0 Å². The van der Waals surface area contributed by atoms with Crippen molar-refractivity contribution in [2.75, 3.05) is 13.2 Å². The number of carbonyl (C=O) groups excluding carboxylic acids is 1. The Labute approximate surface area is 155 Å². The lowest BCUT2D eigenvalue weighted by Gasteiger charge is -2.18. The van der Waals surface area contributed by atoms with Gasteiger partial charge in [0, 0.05) is 4.47 Å². The Morgan fingerprint density at radius 3 is 2.48 bits per heavy atom. The molecule has 1 unspecified atom stereocenters. The molecule has 0 aliphatic heterocycles. The molecule has 0 fully saturated rings. The van der Waals surface area contributed by atoms with E-state index < -0.39 is 5.82 Å². The first-order chi connectivity index (χ1) is 12.0. The van der Waals surface area contributed by atoms with Gasteiger partial charge < -0.3 is 14.8 Å². The van der Waals surface area contributed by atoms with E-state index in [1.165, 1.54) is 18.2 Å². The molecule has 0 saturated heterocycles. The van der Waals surface area contributed by atoms with Crippen LogP contribution in [0.4, 0.5) is 4.39 Å². The van der Waals surface area contributed by atoms with Gasteiger partial charge in [0.15, 0.2) is 11.5 Å². The van der Waals surface area contributed by atoms with E-state index in [9.17, 15) is 9.18 Å². The van der Waals surface area contributed by atoms with Crippen LogP contribution in [0.15, 0.2) is 40.9 Å². The number of carbonyl (C=O) groups is 1. The molecule has 0 heterocycles. The van der Waals surface area contributed by atoms with Crippen LogP contribution in [-0.2, 0) is 0 Å². The highest BCUT2D eigenvalue weighted by Gasteiger charge is 2.16. The lowest BCUT2D eigenvalue weighted by atomic mass is 10.1. The van der Waals surface area contributed by atoms with Crippen molar-refractivity contribution in [2.45, 2.75) is 26.8 Å². The van der Waals surface area contributed by atoms with Crippen molar-refractivity contribution in [3.05, 3.63) is 57.8 Å². The standard InChI is InChI=1S/C19H21BrFNO3/c1-4-24-17-9-6-13(10-18(17)25-5-2)12(3)22-19(23)15-11-14(21)7-8-16(15)20/h6-12H,4-5H2,1-3H3,(H,22,23). The average molecular weight is 410 g/mol. The van der Waals surface area contributed by atoms with Crippen molar-refractivity contribution in [2.24, 2.45) is 0 Å². The van der Waals surface area contributed by atoms with E-state index in [1.807, 2.05) is 39.0 Å². The van der Waals surface area contributed by atoms with Gasteiger partial charge in [0.25, 0.3) is 5.91 Å². The van der Waals surface area contributed by atoms with Crippen LogP contribution >= 0.6 is 15.9 Å². The van der Waals surface area contributed by atoms with Crippen LogP contribution in [0, 0.1) is 5.82 Å². The van der Waals surface area contributed by atoms with Crippen molar-refractivity contribution in [1.82, 2.24) is 5.32 Å². The summed E-state index contributed by atoms with van der Waals surface area (Å²) in [6.45, 7) is 6.72. The van der Waals surface area contributed by atoms with E-state index >= 15 is 0 Å². The van der Waals surface area contributed by atoms with E-state index in [2.05, 4.69) is 21.2 Å². The van der Waals surface area contributed by atoms with Gasteiger partial charge in [-0.1, -0.05) is 6.07 Å². The summed E-state index contributed by atoms with van der Waals surface area (Å²) in [4.78, 5) is 12.4. The van der Waals surface area contributed by atoms with Crippen LogP contribution in [0.3, 0.4) is 0 Å². The second-order valence-electron chi connectivity index (χ2n) is 5.39. The van der Waals surface area contributed by atoms with Gasteiger partial charge in [0.2, 0.25) is 0 Å². The molecule has 0 spiro atoms. The second kappa shape index (κ2) is 8.85. The average Bonchev–Trinajstić information content (AvgIpc) is 2.58. The number of amides is 1. The third kappa shape index (κ3) is 4.95. The molecule has 2 aromatic rings. The maximum atomic E-state index is 13.4. The number of halogens is 2. The van der Waals surface area contributed by atoms with Crippen molar-refractivity contribution < 1.29 is 18.7 Å². The van der Waals surface area contributed by atoms with Crippen LogP contribution in [0.2, 0.25) is 0 Å². The minimum absolute atomic E-state index is 0.253. The number of nitrogens with one attached hydrogen (secondary N) is 1. The number of ether oxygens (including phenoxy) is 2. The smallest absolute Gasteiger partial charge is 0.253 e. The Bertz CT molecular complexity index is 751. The SMILES string of the molecule is CCOc1ccc(C(C)NC(=O)c2cc(F)ccc2Br)cc1OCC. The highest BCUT2D eigenvalue weighted by atomic mass is 79.9. The molecule has 2 rings (SSSR count). The summed E-state index contributed by atoms with van der Waals surface area (Å²) in [7, 11) is 0. The molecule has 0 saturated carbocycles. The Morgan fingerprint density at radius 2 is 1.80 bits per heavy atom. The Morgan fingerprint density at radius 1 is 1.12 bits per heavy atom. The zero-order valence-electron chi connectivity index (χ0n) is 14.4. The van der Waals surface area contributed by atoms with E-state index in [0.29, 0.717) is 29.2 Å². The van der Waals surface area contributed by atoms with Gasteiger partial charge in [0.05, 0.1) is 24.8 Å². The number of hydrogen-bond donors (Lipinski definition) is 1. The summed E-state index contributed by atoms with van der Waals surface area (Å²) >= 11 is 3.27. The normalized spacial score (nSPS) is 11.7. The maximum Gasteiger partial charge on any atom is 0.253 e. The van der Waals surface area contributed by atoms with E-state index in [-0.39, 0.29) is 17.5 Å². The fourth-order valence-corrected chi connectivity index (χ4v) is 2.79. The molecule has 0 aliphatic carbocycles. The number of hydrogen-bond acceptors (Lipinski definition) is 3. The molecule has 2 aromatic carbocycles. The zero-order valence-corrected chi connectivity index (χ0v) is 16.0. The quantitative estimate of drug-likeness (QED) is 0.708. The molecule has 1 N–H and O–H groups in total. The summed E-state index contributed by atoms with van der Waals surface area (Å²) in [5.74, 6) is 0.487. The molecule has 4 nitrogen and oxygen atoms in total. The summed E-state index contributed by atoms with van der Waals surface area (Å²) in [5, 5.41) is 2.87. The lowest BCUT2D eigenvalue weighted by Crippen LogP contribution is -2.27. The number of rotatable bonds is 7. The van der Waals surface area contributed by atoms with E-state index in [0.717, 1.165) is 5.56 Å². The van der Waals surface area contributed by atoms with Crippen LogP contribution < -0.4 is 14.8 Å². The largest absolute Gasteiger partial charge is 0.490 e. The monoisotopic (exact) mass is 409 g/mol. The fraction of sp³-hybridized carbons (Fsp3) is 0.316. The summed E-state index contributed by atoms with van der Waals surface area (Å²) in [5.41, 5.74) is 1.12. The van der Waals surface area contributed by atoms with E-state index in [4.69, 9.17) is 9.47 Å². The minimum Gasteiger partial charge on any atom is -0.490 e. The molecular formula is C19H21BrFNO3. The topological polar surface area (TPSA) is 47.6 Å². The van der Waals surface area contributed by atoms with Crippen molar-refractivity contribution >= 4 is 21.8 Å². The summed E-state index contributed by atoms with van der Waals surface area (Å²) in [6, 6.07) is 9.28. The summed E-state index contributed by atoms with van der Waals surface area (Å²) < 4.78 is 25.1. The molecule has 0 radical (unpaired) electrons. The molecular weight excluding hydrogens is 389 g/mol. The molecule has 0 aliphatic rings. The van der Waals surface area contributed by atoms with Gasteiger partial charge in [0.1, 0.15) is 5.82 Å². The van der Waals surface area contributed by atoms with Crippen LogP contribution in [0.1, 0.15) is 42.7 Å². The van der Waals surface area contributed by atoms with Gasteiger partial charge in [-0.05, 0) is 72.6 Å². The first-order valence-corrected chi connectivity index (χ1v) is 8.91. The fourth-order valence-electron chi connectivity index (χ4n) is 2.37. The predicted molar refractivity (Wildman–Crippen MR) is 98.8 cm³/mol. The number of benzene rings is 2. The Kier molecular flexibility index (Phi) is 6.82. The molecule has 1 atom stereocenters. The third-order valence-corrected chi connectivity index (χ3v) is 4.28. The predicted octanol–water partition coefficient (Wildman–Crippen LogP) is 4.88. The summed E-state index contributed by atoms with van der Waals surface area (Å²) in [6.07, 6.45) is 0. The first kappa shape index (κ1) is 19.2. The van der Waals surface area contributed by atoms with E-state index in [1.54, 1.807) is 0 Å². The first-order valence-electron chi connectivity index (χ1n) is 8.11. The van der Waals surface area contributed by atoms with Crippen LogP contribution in [0.5, 0.6) is 11.5 Å². The molecule has 6 heteroatoms. The third-order valence-electron chi connectivity index (χ3n) is 3.59. The van der Waals surface area contributed by atoms with Crippen molar-refractivity contribution in [3.63, 3.8) is 0 Å². The highest BCUT2D eigenvalue weighted by molar-refractivity contribution is 9.10. The Hall–Kier alpha value is -2.08. The molecule has 1 amide bonds. The molecule has 134 valence electrons. The van der Waals surface area contributed by atoms with Gasteiger partial charge in [-0.2, -0.15) is 0 Å². The molecule has 25 heavy (non-hydrogen) atoms. The van der Waals surface area contributed by atoms with Gasteiger partial charge in [-0.15, -0.1) is 0 Å². The minimum atomic E-state index is -0.458. The van der Waals surface area contributed by atoms with Gasteiger partial charge in [-0.25, -0.2) is 4.39 Å². The highest BCUT2D eigenvalue weighted by Crippen LogP contribution is 2.31. The molecule has 0 aromatic heterocycles. The lowest BCUT2D eigenvalue weighted by molar-refractivity contribution is 0.0938. The second-order valence-corrected chi connectivity index (χ2v) is 6.25. The molecule has 0 bridgehead atoms.